The van der Waals surface area contributed by atoms with Crippen molar-refractivity contribution in [2.45, 2.75) is 26.7 Å². The molecule has 0 aliphatic heterocycles. The van der Waals surface area contributed by atoms with Crippen molar-refractivity contribution in [3.8, 4) is 0 Å². The van der Waals surface area contributed by atoms with E-state index in [9.17, 15) is 0 Å². The molecule has 0 fully saturated rings. The minimum atomic E-state index is 0.776. The van der Waals surface area contributed by atoms with Gasteiger partial charge in [0.25, 0.3) is 0 Å². The van der Waals surface area contributed by atoms with Crippen molar-refractivity contribution in [1.82, 2.24) is 10.3 Å². The molecule has 1 heterocycles. The molecule has 1 N–H and O–H groups in total. The summed E-state index contributed by atoms with van der Waals surface area (Å²) in [5, 5.41) is 3.09. The molecule has 0 aromatic carbocycles. The van der Waals surface area contributed by atoms with Crippen LogP contribution in [0.4, 0.5) is 0 Å². The Labute approximate surface area is 73.2 Å². The van der Waals surface area contributed by atoms with Gasteiger partial charge in [-0.2, -0.15) is 0 Å². The lowest BCUT2D eigenvalue weighted by molar-refractivity contribution is 0.469. The van der Waals surface area contributed by atoms with E-state index in [-0.39, 0.29) is 0 Å². The van der Waals surface area contributed by atoms with Gasteiger partial charge in [-0.25, -0.2) is 4.98 Å². The van der Waals surface area contributed by atoms with Gasteiger partial charge in [0, 0.05) is 19.9 Å². The van der Waals surface area contributed by atoms with Crippen LogP contribution in [0.15, 0.2) is 4.42 Å². The lowest BCUT2D eigenvalue weighted by Crippen LogP contribution is -2.10. The fourth-order valence-electron chi connectivity index (χ4n) is 1.22. The van der Waals surface area contributed by atoms with E-state index in [1.807, 2.05) is 14.0 Å². The first-order chi connectivity index (χ1) is 5.77. The Morgan fingerprint density at radius 1 is 1.50 bits per heavy atom. The Morgan fingerprint density at radius 3 is 2.83 bits per heavy atom. The van der Waals surface area contributed by atoms with Gasteiger partial charge in [-0.1, -0.05) is 6.92 Å². The number of hydrogen-bond donors (Lipinski definition) is 1. The number of nitrogens with one attached hydrogen (secondary N) is 1. The van der Waals surface area contributed by atoms with Crippen molar-refractivity contribution in [2.75, 3.05) is 13.6 Å². The van der Waals surface area contributed by atoms with Crippen LogP contribution >= 0.6 is 0 Å². The van der Waals surface area contributed by atoms with Crippen molar-refractivity contribution < 1.29 is 4.42 Å². The molecule has 1 aromatic heterocycles. The van der Waals surface area contributed by atoms with Crippen molar-refractivity contribution in [1.29, 1.82) is 0 Å². The third kappa shape index (κ3) is 2.08. The van der Waals surface area contributed by atoms with E-state index < -0.39 is 0 Å². The summed E-state index contributed by atoms with van der Waals surface area (Å²) < 4.78 is 5.46. The fraction of sp³-hybridized carbons (Fsp3) is 0.667. The number of hydrogen-bond acceptors (Lipinski definition) is 3. The molecule has 0 aliphatic rings. The Hall–Kier alpha value is -0.830. The second kappa shape index (κ2) is 4.26. The largest absolute Gasteiger partial charge is 0.446 e. The fourth-order valence-corrected chi connectivity index (χ4v) is 1.22. The third-order valence-corrected chi connectivity index (χ3v) is 1.82. The second-order valence-corrected chi connectivity index (χ2v) is 2.81. The Kier molecular flexibility index (Phi) is 3.29. The van der Waals surface area contributed by atoms with Crippen LogP contribution in [0.3, 0.4) is 0 Å². The molecule has 68 valence electrons. The van der Waals surface area contributed by atoms with Crippen LogP contribution < -0.4 is 5.32 Å². The predicted molar refractivity (Wildman–Crippen MR) is 48.2 cm³/mol. The second-order valence-electron chi connectivity index (χ2n) is 2.81. The number of aryl methyl sites for hydroxylation is 2. The summed E-state index contributed by atoms with van der Waals surface area (Å²) in [6.45, 7) is 4.93. The van der Waals surface area contributed by atoms with Crippen LogP contribution in [0.1, 0.15) is 24.3 Å². The lowest BCUT2D eigenvalue weighted by Gasteiger charge is -1.96. The summed E-state index contributed by atoms with van der Waals surface area (Å²) in [4.78, 5) is 4.29. The van der Waals surface area contributed by atoms with Gasteiger partial charge in [0.15, 0.2) is 5.89 Å². The van der Waals surface area contributed by atoms with Gasteiger partial charge in [0.2, 0.25) is 0 Å². The van der Waals surface area contributed by atoms with Crippen molar-refractivity contribution in [3.05, 3.63) is 17.3 Å². The topological polar surface area (TPSA) is 38.1 Å². The zero-order valence-corrected chi connectivity index (χ0v) is 7.98. The summed E-state index contributed by atoms with van der Waals surface area (Å²) in [5.74, 6) is 1.81. The lowest BCUT2D eigenvalue weighted by atomic mass is 10.2. The Morgan fingerprint density at radius 2 is 2.25 bits per heavy atom. The quantitative estimate of drug-likeness (QED) is 0.736. The van der Waals surface area contributed by atoms with E-state index >= 15 is 0 Å². The van der Waals surface area contributed by atoms with E-state index in [1.54, 1.807) is 0 Å². The molecule has 12 heavy (non-hydrogen) atoms. The van der Waals surface area contributed by atoms with Crippen LogP contribution in [-0.2, 0) is 12.8 Å². The normalized spacial score (nSPS) is 10.6. The molecule has 0 saturated carbocycles. The molecule has 0 amide bonds. The van der Waals surface area contributed by atoms with E-state index in [1.165, 1.54) is 0 Å². The number of rotatable bonds is 4. The Balaban J connectivity index is 2.68. The highest BCUT2D eigenvalue weighted by Crippen LogP contribution is 2.11. The van der Waals surface area contributed by atoms with Crippen LogP contribution in [0.25, 0.3) is 0 Å². The summed E-state index contributed by atoms with van der Waals surface area (Å²) in [6.07, 6.45) is 1.89. The standard InChI is InChI=1S/C9H16N2O/c1-4-8-9(5-6-10-3)12-7(2)11-8/h10H,4-6H2,1-3H3. The molecular weight excluding hydrogens is 152 g/mol. The van der Waals surface area contributed by atoms with Gasteiger partial charge in [0.1, 0.15) is 5.76 Å². The van der Waals surface area contributed by atoms with E-state index in [4.69, 9.17) is 4.42 Å². The summed E-state index contributed by atoms with van der Waals surface area (Å²) >= 11 is 0. The Bertz CT molecular complexity index is 243. The first-order valence-electron chi connectivity index (χ1n) is 4.37. The van der Waals surface area contributed by atoms with E-state index in [0.29, 0.717) is 0 Å². The van der Waals surface area contributed by atoms with Crippen LogP contribution in [0.2, 0.25) is 0 Å². The minimum absolute atomic E-state index is 0.776. The van der Waals surface area contributed by atoms with Gasteiger partial charge in [-0.15, -0.1) is 0 Å². The zero-order chi connectivity index (χ0) is 8.97. The molecule has 0 bridgehead atoms. The maximum absolute atomic E-state index is 5.46. The van der Waals surface area contributed by atoms with Crippen molar-refractivity contribution in [2.24, 2.45) is 0 Å². The van der Waals surface area contributed by atoms with Gasteiger partial charge < -0.3 is 9.73 Å². The molecule has 1 aromatic rings. The molecule has 0 radical (unpaired) electrons. The van der Waals surface area contributed by atoms with Gasteiger partial charge >= 0.3 is 0 Å². The molecule has 3 nitrogen and oxygen atoms in total. The average Bonchev–Trinajstić information content (AvgIpc) is 2.42. The number of likely N-dealkylation sites (N-methyl/N-ethyl adjacent to an activating group) is 1. The zero-order valence-electron chi connectivity index (χ0n) is 7.98. The number of nitrogens with zero attached hydrogens (tertiary/aromatic N) is 1. The average molecular weight is 168 g/mol. The minimum Gasteiger partial charge on any atom is -0.446 e. The molecule has 0 unspecified atom stereocenters. The highest BCUT2D eigenvalue weighted by Gasteiger charge is 2.07. The molecule has 1 rings (SSSR count). The summed E-state index contributed by atoms with van der Waals surface area (Å²) in [6, 6.07) is 0. The SMILES string of the molecule is CCc1nc(C)oc1CCNC. The summed E-state index contributed by atoms with van der Waals surface area (Å²) in [5.41, 5.74) is 1.10. The van der Waals surface area contributed by atoms with E-state index in [2.05, 4.69) is 17.2 Å². The van der Waals surface area contributed by atoms with Crippen LogP contribution in [0.5, 0.6) is 0 Å². The molecule has 0 saturated heterocycles. The molecule has 0 spiro atoms. The molecule has 0 aliphatic carbocycles. The maximum Gasteiger partial charge on any atom is 0.191 e. The van der Waals surface area contributed by atoms with Crippen molar-refractivity contribution in [3.63, 3.8) is 0 Å². The first-order valence-corrected chi connectivity index (χ1v) is 4.37. The van der Waals surface area contributed by atoms with Gasteiger partial charge in [0.05, 0.1) is 5.69 Å². The molecule has 3 heteroatoms. The summed E-state index contributed by atoms with van der Waals surface area (Å²) in [7, 11) is 1.94. The van der Waals surface area contributed by atoms with E-state index in [0.717, 1.165) is 36.7 Å². The smallest absolute Gasteiger partial charge is 0.191 e. The predicted octanol–water partition coefficient (Wildman–Crippen LogP) is 1.31. The molecular formula is C9H16N2O. The maximum atomic E-state index is 5.46. The highest BCUT2D eigenvalue weighted by atomic mass is 16.4. The first kappa shape index (κ1) is 9.26. The highest BCUT2D eigenvalue weighted by molar-refractivity contribution is 5.09. The van der Waals surface area contributed by atoms with Gasteiger partial charge in [-0.3, -0.25) is 0 Å². The van der Waals surface area contributed by atoms with Gasteiger partial charge in [-0.05, 0) is 13.5 Å². The van der Waals surface area contributed by atoms with Crippen LogP contribution in [-0.4, -0.2) is 18.6 Å². The number of oxazole rings is 1. The number of aromatic nitrogens is 1. The van der Waals surface area contributed by atoms with Crippen molar-refractivity contribution >= 4 is 0 Å². The molecule has 0 atom stereocenters. The van der Waals surface area contributed by atoms with Crippen LogP contribution in [0, 0.1) is 6.92 Å². The third-order valence-electron chi connectivity index (χ3n) is 1.82. The monoisotopic (exact) mass is 168 g/mol.